The number of carbonyl (C=O) groups is 1. The summed E-state index contributed by atoms with van der Waals surface area (Å²) in [5, 5.41) is 2.91. The molecule has 0 aliphatic heterocycles. The fourth-order valence-electron chi connectivity index (χ4n) is 2.60. The number of pyridine rings is 1. The summed E-state index contributed by atoms with van der Waals surface area (Å²) in [7, 11) is 1.58. The van der Waals surface area contributed by atoms with Gasteiger partial charge in [-0.2, -0.15) is 0 Å². The Morgan fingerprint density at radius 1 is 1.28 bits per heavy atom. The Hall–Kier alpha value is -3.02. The highest BCUT2D eigenvalue weighted by molar-refractivity contribution is 5.94. The van der Waals surface area contributed by atoms with Crippen LogP contribution in [0, 0.1) is 0 Å². The molecule has 1 amide bonds. The molecule has 0 spiro atoms. The first kappa shape index (κ1) is 16.8. The van der Waals surface area contributed by atoms with Gasteiger partial charge in [0, 0.05) is 30.9 Å². The Morgan fingerprint density at radius 3 is 2.96 bits per heavy atom. The minimum absolute atomic E-state index is 0.127. The molecule has 1 aromatic carbocycles. The Labute approximate surface area is 146 Å². The van der Waals surface area contributed by atoms with E-state index in [2.05, 4.69) is 10.3 Å². The number of imidazole rings is 1. The topological polar surface area (TPSA) is 64.9 Å². The summed E-state index contributed by atoms with van der Waals surface area (Å²) in [6.45, 7) is 3.05. The number of hydrogen-bond donors (Lipinski definition) is 1. The monoisotopic (exact) mass is 339 g/mol. The lowest BCUT2D eigenvalue weighted by atomic mass is 10.2. The summed E-state index contributed by atoms with van der Waals surface area (Å²) in [6.07, 6.45) is 4.53. The number of rotatable bonds is 7. The highest BCUT2D eigenvalue weighted by Gasteiger charge is 2.09. The number of hydrogen-bond acceptors (Lipinski definition) is 4. The summed E-state index contributed by atoms with van der Waals surface area (Å²) < 4.78 is 12.7. The number of nitrogens with one attached hydrogen (secondary N) is 1. The second-order valence-corrected chi connectivity index (χ2v) is 5.51. The average Bonchev–Trinajstić information content (AvgIpc) is 3.06. The van der Waals surface area contributed by atoms with Crippen molar-refractivity contribution in [2.24, 2.45) is 0 Å². The second kappa shape index (κ2) is 7.70. The van der Waals surface area contributed by atoms with Gasteiger partial charge in [0.05, 0.1) is 19.4 Å². The molecule has 25 heavy (non-hydrogen) atoms. The molecule has 0 atom stereocenters. The van der Waals surface area contributed by atoms with Crippen molar-refractivity contribution in [3.05, 3.63) is 60.0 Å². The fourth-order valence-corrected chi connectivity index (χ4v) is 2.60. The van der Waals surface area contributed by atoms with Crippen LogP contribution < -0.4 is 14.8 Å². The van der Waals surface area contributed by atoms with Crippen molar-refractivity contribution in [3.8, 4) is 11.5 Å². The maximum absolute atomic E-state index is 12.2. The zero-order valence-corrected chi connectivity index (χ0v) is 14.4. The van der Waals surface area contributed by atoms with Crippen LogP contribution in [0.5, 0.6) is 11.5 Å². The van der Waals surface area contributed by atoms with Crippen LogP contribution in [-0.2, 0) is 6.42 Å². The van der Waals surface area contributed by atoms with Gasteiger partial charge in [0.25, 0.3) is 5.91 Å². The second-order valence-electron chi connectivity index (χ2n) is 5.51. The zero-order valence-electron chi connectivity index (χ0n) is 14.4. The van der Waals surface area contributed by atoms with Gasteiger partial charge in [0.2, 0.25) is 0 Å². The first-order valence-corrected chi connectivity index (χ1v) is 8.23. The summed E-state index contributed by atoms with van der Waals surface area (Å²) in [4.78, 5) is 16.8. The lowest BCUT2D eigenvalue weighted by molar-refractivity contribution is 0.0953. The van der Waals surface area contributed by atoms with Crippen molar-refractivity contribution < 1.29 is 14.3 Å². The highest BCUT2D eigenvalue weighted by atomic mass is 16.5. The third kappa shape index (κ3) is 3.91. The van der Waals surface area contributed by atoms with E-state index in [-0.39, 0.29) is 5.91 Å². The molecule has 6 nitrogen and oxygen atoms in total. The van der Waals surface area contributed by atoms with E-state index in [1.165, 1.54) is 0 Å². The normalized spacial score (nSPS) is 10.6. The molecule has 6 heteroatoms. The van der Waals surface area contributed by atoms with Crippen molar-refractivity contribution in [1.82, 2.24) is 14.7 Å². The van der Waals surface area contributed by atoms with Gasteiger partial charge < -0.3 is 19.2 Å². The maximum atomic E-state index is 12.2. The molecule has 1 N–H and O–H groups in total. The average molecular weight is 339 g/mol. The number of fused-ring (bicyclic) bond motifs is 1. The summed E-state index contributed by atoms with van der Waals surface area (Å²) in [5.41, 5.74) is 2.27. The van der Waals surface area contributed by atoms with Gasteiger partial charge in [-0.25, -0.2) is 4.98 Å². The van der Waals surface area contributed by atoms with Crippen molar-refractivity contribution in [2.75, 3.05) is 20.3 Å². The Balaban J connectivity index is 1.62. The van der Waals surface area contributed by atoms with E-state index in [0.29, 0.717) is 30.9 Å². The van der Waals surface area contributed by atoms with Crippen molar-refractivity contribution in [2.45, 2.75) is 13.3 Å². The third-order valence-electron chi connectivity index (χ3n) is 3.80. The maximum Gasteiger partial charge on any atom is 0.251 e. The molecule has 0 aliphatic carbocycles. The van der Waals surface area contributed by atoms with Crippen molar-refractivity contribution in [1.29, 1.82) is 0 Å². The van der Waals surface area contributed by atoms with Crippen molar-refractivity contribution in [3.63, 3.8) is 0 Å². The minimum Gasteiger partial charge on any atom is -0.497 e. The highest BCUT2D eigenvalue weighted by Crippen LogP contribution is 2.19. The smallest absolute Gasteiger partial charge is 0.251 e. The molecule has 0 fully saturated rings. The van der Waals surface area contributed by atoms with Crippen LogP contribution in [0.2, 0.25) is 0 Å². The van der Waals surface area contributed by atoms with Crippen LogP contribution in [0.4, 0.5) is 0 Å². The van der Waals surface area contributed by atoms with Gasteiger partial charge in [-0.1, -0.05) is 6.07 Å². The largest absolute Gasteiger partial charge is 0.497 e. The molecular formula is C19H21N3O3. The van der Waals surface area contributed by atoms with E-state index in [0.717, 1.165) is 17.1 Å². The molecule has 0 saturated carbocycles. The van der Waals surface area contributed by atoms with E-state index in [1.54, 1.807) is 25.3 Å². The van der Waals surface area contributed by atoms with Gasteiger partial charge in [-0.05, 0) is 37.3 Å². The summed E-state index contributed by atoms with van der Waals surface area (Å²) >= 11 is 0. The third-order valence-corrected chi connectivity index (χ3v) is 3.80. The van der Waals surface area contributed by atoms with Gasteiger partial charge in [0.1, 0.15) is 5.75 Å². The fraction of sp³-hybridized carbons (Fsp3) is 0.263. The molecule has 130 valence electrons. The van der Waals surface area contributed by atoms with Gasteiger partial charge >= 0.3 is 0 Å². The van der Waals surface area contributed by atoms with E-state index in [9.17, 15) is 4.79 Å². The molecule has 2 heterocycles. The van der Waals surface area contributed by atoms with Gasteiger partial charge in [0.15, 0.2) is 11.4 Å². The number of ether oxygens (including phenoxy) is 2. The molecule has 3 aromatic rings. The van der Waals surface area contributed by atoms with Crippen LogP contribution in [-0.4, -0.2) is 35.6 Å². The molecule has 3 rings (SSSR count). The molecule has 0 aliphatic rings. The first-order chi connectivity index (χ1) is 12.2. The standard InChI is InChI=1S/C19H21N3O3/c1-3-25-17-8-5-11-22-13-15(21-18(17)22)9-10-20-19(23)14-6-4-7-16(12-14)24-2/h4-8,11-13H,3,9-10H2,1-2H3,(H,20,23). The summed E-state index contributed by atoms with van der Waals surface area (Å²) in [5.74, 6) is 1.30. The minimum atomic E-state index is -0.127. The molecule has 0 bridgehead atoms. The number of aromatic nitrogens is 2. The zero-order chi connectivity index (χ0) is 17.6. The number of amides is 1. The molecule has 0 unspecified atom stereocenters. The first-order valence-electron chi connectivity index (χ1n) is 8.23. The molecule has 2 aromatic heterocycles. The number of methoxy groups -OCH3 is 1. The van der Waals surface area contributed by atoms with E-state index in [4.69, 9.17) is 9.47 Å². The number of carbonyl (C=O) groups excluding carboxylic acids is 1. The molecular weight excluding hydrogens is 318 g/mol. The molecule has 0 radical (unpaired) electrons. The van der Waals surface area contributed by atoms with Crippen LogP contribution in [0.15, 0.2) is 48.8 Å². The van der Waals surface area contributed by atoms with Crippen LogP contribution in [0.3, 0.4) is 0 Å². The van der Waals surface area contributed by atoms with Crippen molar-refractivity contribution >= 4 is 11.6 Å². The predicted molar refractivity (Wildman–Crippen MR) is 95.4 cm³/mol. The van der Waals surface area contributed by atoms with E-state index in [1.807, 2.05) is 41.9 Å². The Morgan fingerprint density at radius 2 is 2.16 bits per heavy atom. The number of benzene rings is 1. The lowest BCUT2D eigenvalue weighted by Crippen LogP contribution is -2.25. The van der Waals surface area contributed by atoms with Crippen LogP contribution in [0.25, 0.3) is 5.65 Å². The predicted octanol–water partition coefficient (Wildman–Crippen LogP) is 2.71. The lowest BCUT2D eigenvalue weighted by Gasteiger charge is -2.05. The van der Waals surface area contributed by atoms with E-state index < -0.39 is 0 Å². The van der Waals surface area contributed by atoms with Gasteiger partial charge in [-0.3, -0.25) is 4.79 Å². The quantitative estimate of drug-likeness (QED) is 0.719. The van der Waals surface area contributed by atoms with Gasteiger partial charge in [-0.15, -0.1) is 0 Å². The number of nitrogens with zero attached hydrogens (tertiary/aromatic N) is 2. The Bertz CT molecular complexity index is 873. The van der Waals surface area contributed by atoms with E-state index >= 15 is 0 Å². The van der Waals surface area contributed by atoms with Crippen LogP contribution in [0.1, 0.15) is 23.0 Å². The SMILES string of the molecule is CCOc1cccn2cc(CCNC(=O)c3cccc(OC)c3)nc12. The Kier molecular flexibility index (Phi) is 5.18. The molecule has 0 saturated heterocycles. The summed E-state index contributed by atoms with van der Waals surface area (Å²) in [6, 6.07) is 10.9. The van der Waals surface area contributed by atoms with Crippen LogP contribution >= 0.6 is 0 Å².